The van der Waals surface area contributed by atoms with E-state index in [0.29, 0.717) is 18.4 Å². The summed E-state index contributed by atoms with van der Waals surface area (Å²) in [5, 5.41) is 0. The number of likely N-dealkylation sites (tertiary alicyclic amines) is 1. The van der Waals surface area contributed by atoms with Crippen molar-refractivity contribution in [3.63, 3.8) is 0 Å². The number of rotatable bonds is 3. The highest BCUT2D eigenvalue weighted by Gasteiger charge is 2.30. The molecule has 2 aliphatic heterocycles. The molecule has 1 aromatic rings. The Morgan fingerprint density at radius 3 is 2.50 bits per heavy atom. The van der Waals surface area contributed by atoms with Gasteiger partial charge in [-0.2, -0.15) is 0 Å². The third-order valence-corrected chi connectivity index (χ3v) is 4.19. The quantitative estimate of drug-likeness (QED) is 0.807. The molecule has 3 rings (SSSR count). The van der Waals surface area contributed by atoms with E-state index in [2.05, 4.69) is 26.7 Å². The minimum atomic E-state index is 0.298. The molecule has 20 heavy (non-hydrogen) atoms. The van der Waals surface area contributed by atoms with Gasteiger partial charge in [-0.15, -0.1) is 0 Å². The molecule has 1 aromatic heterocycles. The van der Waals surface area contributed by atoms with Crippen LogP contribution in [0, 0.1) is 0 Å². The fourth-order valence-corrected chi connectivity index (χ4v) is 2.86. The molecule has 6 nitrogen and oxygen atoms in total. The molecule has 2 fully saturated rings. The first kappa shape index (κ1) is 13.3. The van der Waals surface area contributed by atoms with Gasteiger partial charge in [0.2, 0.25) is 11.9 Å². The predicted molar refractivity (Wildman–Crippen MR) is 76.2 cm³/mol. The number of piperazine rings is 1. The van der Waals surface area contributed by atoms with Gasteiger partial charge in [-0.1, -0.05) is 0 Å². The van der Waals surface area contributed by atoms with E-state index in [-0.39, 0.29) is 0 Å². The van der Waals surface area contributed by atoms with Gasteiger partial charge in [-0.25, -0.2) is 9.97 Å². The molecule has 0 aliphatic carbocycles. The summed E-state index contributed by atoms with van der Waals surface area (Å²) in [5.74, 6) is 1.10. The van der Waals surface area contributed by atoms with Gasteiger partial charge >= 0.3 is 0 Å². The molecule has 0 radical (unpaired) electrons. The first-order valence-corrected chi connectivity index (χ1v) is 7.28. The predicted octanol–water partition coefficient (Wildman–Crippen LogP) is 0.567. The van der Waals surface area contributed by atoms with Crippen LogP contribution >= 0.6 is 0 Å². The van der Waals surface area contributed by atoms with Crippen molar-refractivity contribution in [3.05, 3.63) is 18.5 Å². The molecule has 0 saturated carbocycles. The van der Waals surface area contributed by atoms with Gasteiger partial charge in [0.25, 0.3) is 0 Å². The van der Waals surface area contributed by atoms with E-state index < -0.39 is 0 Å². The Morgan fingerprint density at radius 2 is 1.90 bits per heavy atom. The van der Waals surface area contributed by atoms with Gasteiger partial charge in [0.15, 0.2) is 0 Å². The summed E-state index contributed by atoms with van der Waals surface area (Å²) < 4.78 is 0. The Morgan fingerprint density at radius 1 is 1.20 bits per heavy atom. The summed E-state index contributed by atoms with van der Waals surface area (Å²) in [6.45, 7) is 6.65. The number of nitrogens with zero attached hydrogens (tertiary/aromatic N) is 5. The molecule has 0 N–H and O–H groups in total. The van der Waals surface area contributed by atoms with Gasteiger partial charge in [-0.05, 0) is 19.4 Å². The van der Waals surface area contributed by atoms with E-state index in [1.54, 1.807) is 12.4 Å². The molecule has 2 aliphatic rings. The molecule has 0 aromatic carbocycles. The highest BCUT2D eigenvalue weighted by Crippen LogP contribution is 2.19. The number of hydrogen-bond acceptors (Lipinski definition) is 5. The van der Waals surface area contributed by atoms with Crippen molar-refractivity contribution in [3.8, 4) is 0 Å². The average Bonchev–Trinajstić information content (AvgIpc) is 2.81. The van der Waals surface area contributed by atoms with E-state index in [1.807, 2.05) is 11.0 Å². The summed E-state index contributed by atoms with van der Waals surface area (Å²) in [7, 11) is 0. The van der Waals surface area contributed by atoms with Crippen molar-refractivity contribution in [1.29, 1.82) is 0 Å². The summed E-state index contributed by atoms with van der Waals surface area (Å²) in [5.41, 5.74) is 0. The van der Waals surface area contributed by atoms with Crippen LogP contribution in [0.1, 0.15) is 19.8 Å². The van der Waals surface area contributed by atoms with Crippen LogP contribution in [0.2, 0.25) is 0 Å². The van der Waals surface area contributed by atoms with Crippen molar-refractivity contribution in [2.24, 2.45) is 0 Å². The maximum absolute atomic E-state index is 11.8. The van der Waals surface area contributed by atoms with Crippen molar-refractivity contribution < 1.29 is 4.79 Å². The lowest BCUT2D eigenvalue weighted by Gasteiger charge is -2.37. The molecule has 1 amide bonds. The zero-order valence-electron chi connectivity index (χ0n) is 11.9. The lowest BCUT2D eigenvalue weighted by Crippen LogP contribution is -2.51. The van der Waals surface area contributed by atoms with E-state index in [4.69, 9.17) is 0 Å². The second kappa shape index (κ2) is 5.75. The average molecular weight is 275 g/mol. The van der Waals surface area contributed by atoms with Crippen LogP contribution in [0.15, 0.2) is 18.5 Å². The number of anilines is 1. The standard InChI is InChI=1S/C14H21N5O/c1-12-3-4-13(20)19(12)11-17-7-9-18(10-8-17)14-15-5-2-6-16-14/h2,5-6,12H,3-4,7-11H2,1H3. The minimum absolute atomic E-state index is 0.298. The molecule has 6 heteroatoms. The van der Waals surface area contributed by atoms with Crippen molar-refractivity contribution in [2.45, 2.75) is 25.8 Å². The fourth-order valence-electron chi connectivity index (χ4n) is 2.86. The minimum Gasteiger partial charge on any atom is -0.338 e. The first-order chi connectivity index (χ1) is 9.74. The Bertz CT molecular complexity index is 458. The van der Waals surface area contributed by atoms with Gasteiger partial charge in [0.05, 0.1) is 6.67 Å². The van der Waals surface area contributed by atoms with Crippen LogP contribution in [-0.4, -0.2) is 64.6 Å². The van der Waals surface area contributed by atoms with Crippen molar-refractivity contribution >= 4 is 11.9 Å². The largest absolute Gasteiger partial charge is 0.338 e. The van der Waals surface area contributed by atoms with E-state index >= 15 is 0 Å². The van der Waals surface area contributed by atoms with Crippen LogP contribution in [0.5, 0.6) is 0 Å². The van der Waals surface area contributed by atoms with Crippen molar-refractivity contribution in [2.75, 3.05) is 37.7 Å². The maximum Gasteiger partial charge on any atom is 0.225 e. The van der Waals surface area contributed by atoms with E-state index in [1.165, 1.54) is 0 Å². The number of amides is 1. The molecule has 2 saturated heterocycles. The van der Waals surface area contributed by atoms with Gasteiger partial charge in [0, 0.05) is 51.0 Å². The van der Waals surface area contributed by atoms with Gasteiger partial charge < -0.3 is 9.80 Å². The zero-order valence-corrected chi connectivity index (χ0v) is 11.9. The molecular formula is C14H21N5O. The Balaban J connectivity index is 1.53. The summed E-state index contributed by atoms with van der Waals surface area (Å²) in [6.07, 6.45) is 5.26. The SMILES string of the molecule is CC1CCC(=O)N1CN1CCN(c2ncccn2)CC1. The fraction of sp³-hybridized carbons (Fsp3) is 0.643. The van der Waals surface area contributed by atoms with Crippen molar-refractivity contribution in [1.82, 2.24) is 19.8 Å². The second-order valence-electron chi connectivity index (χ2n) is 5.55. The van der Waals surface area contributed by atoms with Gasteiger partial charge in [-0.3, -0.25) is 9.69 Å². The van der Waals surface area contributed by atoms with E-state index in [0.717, 1.165) is 45.2 Å². The smallest absolute Gasteiger partial charge is 0.225 e. The number of carbonyl (C=O) groups excluding carboxylic acids is 1. The third-order valence-electron chi connectivity index (χ3n) is 4.19. The number of aromatic nitrogens is 2. The van der Waals surface area contributed by atoms with Crippen LogP contribution in [0.25, 0.3) is 0 Å². The molecule has 1 atom stereocenters. The number of hydrogen-bond donors (Lipinski definition) is 0. The molecular weight excluding hydrogens is 254 g/mol. The summed E-state index contributed by atoms with van der Waals surface area (Å²) in [4.78, 5) is 26.9. The Hall–Kier alpha value is -1.69. The van der Waals surface area contributed by atoms with Crippen LogP contribution in [-0.2, 0) is 4.79 Å². The topological polar surface area (TPSA) is 52.6 Å². The molecule has 1 unspecified atom stereocenters. The molecule has 3 heterocycles. The van der Waals surface area contributed by atoms with Gasteiger partial charge in [0.1, 0.15) is 0 Å². The third kappa shape index (κ3) is 2.75. The van der Waals surface area contributed by atoms with Crippen LogP contribution < -0.4 is 4.90 Å². The summed E-state index contributed by atoms with van der Waals surface area (Å²) in [6, 6.07) is 2.22. The second-order valence-corrected chi connectivity index (χ2v) is 5.55. The summed E-state index contributed by atoms with van der Waals surface area (Å²) >= 11 is 0. The highest BCUT2D eigenvalue weighted by molar-refractivity contribution is 5.78. The lowest BCUT2D eigenvalue weighted by molar-refractivity contribution is -0.130. The molecule has 0 spiro atoms. The van der Waals surface area contributed by atoms with E-state index in [9.17, 15) is 4.79 Å². The maximum atomic E-state index is 11.8. The monoisotopic (exact) mass is 275 g/mol. The molecule has 0 bridgehead atoms. The number of carbonyl (C=O) groups is 1. The molecule has 108 valence electrons. The zero-order chi connectivity index (χ0) is 13.9. The highest BCUT2D eigenvalue weighted by atomic mass is 16.2. The Labute approximate surface area is 119 Å². The lowest BCUT2D eigenvalue weighted by atomic mass is 10.2. The normalized spacial score (nSPS) is 24.4. The van der Waals surface area contributed by atoms with Crippen LogP contribution in [0.4, 0.5) is 5.95 Å². The Kier molecular flexibility index (Phi) is 3.82. The van der Waals surface area contributed by atoms with Crippen LogP contribution in [0.3, 0.4) is 0 Å². The first-order valence-electron chi connectivity index (χ1n) is 7.28.